The number of hydrogen-bond donors (Lipinski definition) is 2. The number of aromatic nitrogens is 2. The average molecular weight is 638 g/mol. The van der Waals surface area contributed by atoms with E-state index in [9.17, 15) is 9.59 Å². The highest BCUT2D eigenvalue weighted by atomic mass is 32.1. The van der Waals surface area contributed by atoms with E-state index in [0.717, 1.165) is 57.1 Å². The maximum Gasteiger partial charge on any atom is 0.411 e. The quantitative estimate of drug-likeness (QED) is 0.147. The highest BCUT2D eigenvalue weighted by Gasteiger charge is 2.39. The zero-order chi connectivity index (χ0) is 31.9. The van der Waals surface area contributed by atoms with Crippen molar-refractivity contribution in [2.45, 2.75) is 65.1 Å². The maximum absolute atomic E-state index is 13.0. The molecule has 2 atom stereocenters. The minimum Gasteiger partial charge on any atom is -0.444 e. The van der Waals surface area contributed by atoms with Gasteiger partial charge in [0, 0.05) is 68.1 Å². The van der Waals surface area contributed by atoms with E-state index in [2.05, 4.69) is 53.7 Å². The van der Waals surface area contributed by atoms with Gasteiger partial charge in [0.2, 0.25) is 0 Å². The molecule has 0 saturated heterocycles. The first-order valence-electron chi connectivity index (χ1n) is 14.9. The van der Waals surface area contributed by atoms with Gasteiger partial charge in [0.15, 0.2) is 0 Å². The Bertz CT molecular complexity index is 1550. The number of thiophene rings is 1. The summed E-state index contributed by atoms with van der Waals surface area (Å²) in [5, 5.41) is 8.52. The van der Waals surface area contributed by atoms with Crippen LogP contribution in [0.15, 0.2) is 42.7 Å². The van der Waals surface area contributed by atoms with Crippen LogP contribution < -0.4 is 10.6 Å². The second-order valence-electron chi connectivity index (χ2n) is 11.7. The first-order valence-corrected chi connectivity index (χ1v) is 16.5. The standard InChI is InChI=1S/C27H30N4O2S2.C6H13NO2/c1-15-12-19-22(24(28-6)35-23(19)16(2)31(15)26(32)33-27(3,4)5)25-30-20-13-17(9-10-21(20)34-25)18-8-7-11-29-14-18;1-9-6-4-7-3-2-5-8/h7-11,13-16,28H,12H2,1-6H3;5,7H,2-4,6H2,1H3. The van der Waals surface area contributed by atoms with Gasteiger partial charge in [-0.25, -0.2) is 9.78 Å². The maximum atomic E-state index is 13.0. The Morgan fingerprint density at radius 3 is 2.61 bits per heavy atom. The summed E-state index contributed by atoms with van der Waals surface area (Å²) in [6.45, 7) is 12.2. The number of rotatable bonds is 9. The summed E-state index contributed by atoms with van der Waals surface area (Å²) in [6, 6.07) is 10.4. The van der Waals surface area contributed by atoms with E-state index >= 15 is 0 Å². The molecule has 0 spiro atoms. The lowest BCUT2D eigenvalue weighted by atomic mass is 9.93. The van der Waals surface area contributed by atoms with Gasteiger partial charge in [-0.3, -0.25) is 9.88 Å². The number of benzene rings is 1. The number of nitrogens with one attached hydrogen (secondary N) is 2. The van der Waals surface area contributed by atoms with Crippen molar-refractivity contribution in [1.82, 2.24) is 20.2 Å². The van der Waals surface area contributed by atoms with Gasteiger partial charge < -0.3 is 24.9 Å². The Morgan fingerprint density at radius 1 is 1.16 bits per heavy atom. The topological polar surface area (TPSA) is 106 Å². The van der Waals surface area contributed by atoms with Crippen molar-refractivity contribution >= 4 is 50.3 Å². The van der Waals surface area contributed by atoms with Crippen LogP contribution in [0, 0.1) is 0 Å². The fraction of sp³-hybridized carbons (Fsp3) is 0.455. The molecule has 1 aliphatic heterocycles. The van der Waals surface area contributed by atoms with Crippen LogP contribution in [0.3, 0.4) is 0 Å². The molecule has 0 radical (unpaired) electrons. The van der Waals surface area contributed by atoms with Crippen LogP contribution in [0.2, 0.25) is 0 Å². The molecule has 3 aromatic heterocycles. The molecule has 0 bridgehead atoms. The summed E-state index contributed by atoms with van der Waals surface area (Å²) in [5.41, 5.74) is 5.10. The molecular formula is C33H43N5O4S2. The number of nitrogens with zero attached hydrogens (tertiary/aromatic N) is 3. The van der Waals surface area contributed by atoms with Crippen molar-refractivity contribution in [1.29, 1.82) is 0 Å². The van der Waals surface area contributed by atoms with Crippen molar-refractivity contribution in [3.63, 3.8) is 0 Å². The van der Waals surface area contributed by atoms with Gasteiger partial charge in [0.05, 0.1) is 27.9 Å². The summed E-state index contributed by atoms with van der Waals surface area (Å²) in [7, 11) is 3.61. The number of carbonyl (C=O) groups excluding carboxylic acids is 2. The Morgan fingerprint density at radius 2 is 1.95 bits per heavy atom. The van der Waals surface area contributed by atoms with E-state index in [1.165, 1.54) is 16.0 Å². The summed E-state index contributed by atoms with van der Waals surface area (Å²) in [6.07, 6.45) is 5.66. The predicted octanol–water partition coefficient (Wildman–Crippen LogP) is 7.18. The van der Waals surface area contributed by atoms with Gasteiger partial charge in [-0.15, -0.1) is 22.7 Å². The largest absolute Gasteiger partial charge is 0.444 e. The third-order valence-electron chi connectivity index (χ3n) is 7.16. The number of thiazole rings is 1. The molecule has 5 rings (SSSR count). The van der Waals surface area contributed by atoms with Crippen LogP contribution in [-0.4, -0.2) is 72.7 Å². The number of ether oxygens (including phenoxy) is 2. The van der Waals surface area contributed by atoms with Crippen LogP contribution in [0.5, 0.6) is 0 Å². The molecule has 0 fully saturated rings. The number of hydrogen-bond acceptors (Lipinski definition) is 10. The van der Waals surface area contributed by atoms with E-state index < -0.39 is 5.60 Å². The fourth-order valence-corrected chi connectivity index (χ4v) is 7.51. The van der Waals surface area contributed by atoms with Gasteiger partial charge in [-0.2, -0.15) is 0 Å². The predicted molar refractivity (Wildman–Crippen MR) is 181 cm³/mol. The molecule has 0 saturated carbocycles. The first kappa shape index (κ1) is 33.5. The van der Waals surface area contributed by atoms with Crippen LogP contribution >= 0.6 is 22.7 Å². The van der Waals surface area contributed by atoms with Gasteiger partial charge >= 0.3 is 6.09 Å². The molecule has 11 heteroatoms. The Kier molecular flexibility index (Phi) is 11.5. The molecule has 2 N–H and O–H groups in total. The van der Waals surface area contributed by atoms with Crippen LogP contribution in [-0.2, 0) is 20.7 Å². The molecule has 9 nitrogen and oxygen atoms in total. The minimum absolute atomic E-state index is 0.0250. The Balaban J connectivity index is 0.000000429. The van der Waals surface area contributed by atoms with Gasteiger partial charge in [-0.05, 0) is 70.4 Å². The van der Waals surface area contributed by atoms with Gasteiger partial charge in [0.25, 0.3) is 0 Å². The van der Waals surface area contributed by atoms with Crippen LogP contribution in [0.4, 0.5) is 9.80 Å². The summed E-state index contributed by atoms with van der Waals surface area (Å²) in [5.74, 6) is 0. The summed E-state index contributed by atoms with van der Waals surface area (Å²) in [4.78, 5) is 35.2. The lowest BCUT2D eigenvalue weighted by molar-refractivity contribution is -0.107. The Hall–Kier alpha value is -3.38. The first-order chi connectivity index (χ1) is 21.1. The second-order valence-corrected chi connectivity index (χ2v) is 13.7. The summed E-state index contributed by atoms with van der Waals surface area (Å²) < 4.78 is 11.7. The van der Waals surface area contributed by atoms with Crippen molar-refractivity contribution in [2.75, 3.05) is 39.2 Å². The lowest BCUT2D eigenvalue weighted by Gasteiger charge is -2.39. The lowest BCUT2D eigenvalue weighted by Crippen LogP contribution is -2.46. The molecular weight excluding hydrogens is 595 g/mol. The normalized spacial score (nSPS) is 16.2. The molecule has 236 valence electrons. The molecule has 1 amide bonds. The zero-order valence-corrected chi connectivity index (χ0v) is 28.2. The van der Waals surface area contributed by atoms with Crippen molar-refractivity contribution in [3.05, 3.63) is 53.2 Å². The van der Waals surface area contributed by atoms with Crippen LogP contribution in [0.25, 0.3) is 31.9 Å². The molecule has 44 heavy (non-hydrogen) atoms. The third-order valence-corrected chi connectivity index (χ3v) is 9.63. The number of amides is 1. The number of pyridine rings is 1. The van der Waals surface area contributed by atoms with Gasteiger partial charge in [-0.1, -0.05) is 12.1 Å². The van der Waals surface area contributed by atoms with E-state index in [1.807, 2.05) is 45.0 Å². The number of aldehydes is 1. The third kappa shape index (κ3) is 8.01. The molecule has 4 aromatic rings. The molecule has 1 aliphatic rings. The van der Waals surface area contributed by atoms with E-state index in [4.69, 9.17) is 14.5 Å². The van der Waals surface area contributed by atoms with E-state index in [0.29, 0.717) is 13.0 Å². The molecule has 4 heterocycles. The highest BCUT2D eigenvalue weighted by molar-refractivity contribution is 7.22. The SMILES string of the molecule is CNc1sc2c(c1-c1nc3cc(-c4cccnc4)ccc3s1)CC(C)N(C(=O)OC(C)(C)C)C2C.COCCNCCC=O. The fourth-order valence-electron chi connectivity index (χ4n) is 5.19. The number of anilines is 1. The number of methoxy groups -OCH3 is 1. The number of fused-ring (bicyclic) bond motifs is 2. The molecule has 2 unspecified atom stereocenters. The number of carbonyl (C=O) groups is 2. The van der Waals surface area contributed by atoms with Crippen molar-refractivity contribution in [2.24, 2.45) is 0 Å². The van der Waals surface area contributed by atoms with Crippen molar-refractivity contribution < 1.29 is 19.1 Å². The monoisotopic (exact) mass is 637 g/mol. The average Bonchev–Trinajstić information content (AvgIpc) is 3.57. The second kappa shape index (κ2) is 15.1. The minimum atomic E-state index is -0.525. The van der Waals surface area contributed by atoms with Gasteiger partial charge in [0.1, 0.15) is 16.9 Å². The van der Waals surface area contributed by atoms with E-state index in [-0.39, 0.29) is 18.2 Å². The molecule has 0 aliphatic carbocycles. The highest BCUT2D eigenvalue weighted by Crippen LogP contribution is 2.50. The summed E-state index contributed by atoms with van der Waals surface area (Å²) >= 11 is 3.43. The van der Waals surface area contributed by atoms with Crippen LogP contribution in [0.1, 0.15) is 57.5 Å². The Labute approximate surface area is 268 Å². The molecule has 1 aromatic carbocycles. The van der Waals surface area contributed by atoms with Crippen molar-refractivity contribution in [3.8, 4) is 21.7 Å². The van der Waals surface area contributed by atoms with E-state index in [1.54, 1.807) is 36.0 Å². The smallest absolute Gasteiger partial charge is 0.411 e. The zero-order valence-electron chi connectivity index (χ0n) is 26.6.